The molecule has 3 N–H and O–H groups in total. The van der Waals surface area contributed by atoms with Crippen LogP contribution in [0.1, 0.15) is 29.3 Å². The highest BCUT2D eigenvalue weighted by atomic mass is 16.2. The molecule has 2 amide bonds. The largest absolute Gasteiger partial charge is 0.398 e. The summed E-state index contributed by atoms with van der Waals surface area (Å²) in [5, 5.41) is 2.78. The molecule has 1 aromatic rings. The summed E-state index contributed by atoms with van der Waals surface area (Å²) in [5.41, 5.74) is 7.78. The minimum absolute atomic E-state index is 0.0895. The number of hydrogen-bond acceptors (Lipinski definition) is 3. The van der Waals surface area contributed by atoms with Gasteiger partial charge in [-0.15, -0.1) is 0 Å². The molecule has 1 unspecified atom stereocenters. The van der Waals surface area contributed by atoms with Crippen molar-refractivity contribution >= 4 is 17.5 Å². The number of nitrogens with one attached hydrogen (secondary N) is 1. The van der Waals surface area contributed by atoms with Gasteiger partial charge < -0.3 is 16.0 Å². The summed E-state index contributed by atoms with van der Waals surface area (Å²) in [6.45, 7) is 4.83. The SMILES string of the molecule is CCC1C(=O)NCCN1C(=O)c1cc(C)ccc1N. The Bertz CT molecular complexity index is 513. The predicted molar refractivity (Wildman–Crippen MR) is 73.7 cm³/mol. The van der Waals surface area contributed by atoms with Crippen molar-refractivity contribution in [1.82, 2.24) is 10.2 Å². The standard InChI is InChI=1S/C14H19N3O2/c1-3-12-13(18)16-6-7-17(12)14(19)10-8-9(2)4-5-11(10)15/h4-5,8,12H,3,6-7,15H2,1-2H3,(H,16,18). The third-order valence-corrected chi connectivity index (χ3v) is 3.42. The molecule has 1 saturated heterocycles. The first-order valence-electron chi connectivity index (χ1n) is 6.49. The lowest BCUT2D eigenvalue weighted by Crippen LogP contribution is -2.57. The lowest BCUT2D eigenvalue weighted by atomic mass is 10.0. The van der Waals surface area contributed by atoms with Gasteiger partial charge in [-0.05, 0) is 25.5 Å². The summed E-state index contributed by atoms with van der Waals surface area (Å²) in [6, 6.07) is 4.97. The van der Waals surface area contributed by atoms with E-state index in [9.17, 15) is 9.59 Å². The number of nitrogens with two attached hydrogens (primary N) is 1. The van der Waals surface area contributed by atoms with E-state index in [0.29, 0.717) is 30.8 Å². The number of benzene rings is 1. The van der Waals surface area contributed by atoms with Crippen molar-refractivity contribution in [3.05, 3.63) is 29.3 Å². The molecule has 1 aromatic carbocycles. The van der Waals surface area contributed by atoms with Crippen molar-refractivity contribution in [3.63, 3.8) is 0 Å². The highest BCUT2D eigenvalue weighted by Gasteiger charge is 2.32. The van der Waals surface area contributed by atoms with Crippen molar-refractivity contribution in [2.75, 3.05) is 18.8 Å². The average Bonchev–Trinajstić information content (AvgIpc) is 2.40. The van der Waals surface area contributed by atoms with Gasteiger partial charge in [0, 0.05) is 18.8 Å². The summed E-state index contributed by atoms with van der Waals surface area (Å²) in [4.78, 5) is 26.0. The van der Waals surface area contributed by atoms with Crippen molar-refractivity contribution in [2.45, 2.75) is 26.3 Å². The summed E-state index contributed by atoms with van der Waals surface area (Å²) in [7, 11) is 0. The molecule has 1 fully saturated rings. The van der Waals surface area contributed by atoms with Crippen molar-refractivity contribution in [2.24, 2.45) is 0 Å². The zero-order chi connectivity index (χ0) is 14.0. The quantitative estimate of drug-likeness (QED) is 0.778. The first-order chi connectivity index (χ1) is 9.04. The molecule has 0 aromatic heterocycles. The maximum absolute atomic E-state index is 12.6. The van der Waals surface area contributed by atoms with E-state index < -0.39 is 6.04 Å². The van der Waals surface area contributed by atoms with Crippen LogP contribution in [0.4, 0.5) is 5.69 Å². The second-order valence-corrected chi connectivity index (χ2v) is 4.80. The van der Waals surface area contributed by atoms with Crippen LogP contribution < -0.4 is 11.1 Å². The van der Waals surface area contributed by atoms with Crippen molar-refractivity contribution in [1.29, 1.82) is 0 Å². The number of aryl methyl sites for hydroxylation is 1. The molecule has 1 aliphatic heterocycles. The molecule has 19 heavy (non-hydrogen) atoms. The molecule has 0 bridgehead atoms. The van der Waals surface area contributed by atoms with E-state index >= 15 is 0 Å². The van der Waals surface area contributed by atoms with E-state index in [-0.39, 0.29) is 11.8 Å². The van der Waals surface area contributed by atoms with Gasteiger partial charge in [0.2, 0.25) is 5.91 Å². The van der Waals surface area contributed by atoms with Crippen molar-refractivity contribution in [3.8, 4) is 0 Å². The smallest absolute Gasteiger partial charge is 0.256 e. The van der Waals surface area contributed by atoms with Gasteiger partial charge in [0.05, 0.1) is 5.56 Å². The Labute approximate surface area is 112 Å². The maximum Gasteiger partial charge on any atom is 0.256 e. The Kier molecular flexibility index (Phi) is 3.74. The lowest BCUT2D eigenvalue weighted by molar-refractivity contribution is -0.127. The zero-order valence-electron chi connectivity index (χ0n) is 11.3. The summed E-state index contributed by atoms with van der Waals surface area (Å²) in [5.74, 6) is -0.253. The second kappa shape index (κ2) is 5.30. The van der Waals surface area contributed by atoms with Crippen molar-refractivity contribution < 1.29 is 9.59 Å². The number of nitrogen functional groups attached to an aromatic ring is 1. The predicted octanol–water partition coefficient (Wildman–Crippen LogP) is 0.928. The van der Waals surface area contributed by atoms with E-state index in [1.807, 2.05) is 19.9 Å². The summed E-state index contributed by atoms with van der Waals surface area (Å²) in [6.07, 6.45) is 0.600. The number of piperazine rings is 1. The fourth-order valence-electron chi connectivity index (χ4n) is 2.37. The topological polar surface area (TPSA) is 75.4 Å². The third kappa shape index (κ3) is 2.54. The zero-order valence-corrected chi connectivity index (χ0v) is 11.3. The van der Waals surface area contributed by atoms with Crippen LogP contribution in [-0.2, 0) is 4.79 Å². The van der Waals surface area contributed by atoms with Gasteiger partial charge in [-0.2, -0.15) is 0 Å². The molecule has 2 rings (SSSR count). The molecule has 1 heterocycles. The van der Waals surface area contributed by atoms with Crippen LogP contribution in [0.2, 0.25) is 0 Å². The normalized spacial score (nSPS) is 19.2. The fourth-order valence-corrected chi connectivity index (χ4v) is 2.37. The van der Waals surface area contributed by atoms with E-state index in [4.69, 9.17) is 5.73 Å². The van der Waals surface area contributed by atoms with Crippen LogP contribution in [-0.4, -0.2) is 35.8 Å². The molecule has 0 aliphatic carbocycles. The van der Waals surface area contributed by atoms with Gasteiger partial charge in [0.1, 0.15) is 6.04 Å². The highest BCUT2D eigenvalue weighted by Crippen LogP contribution is 2.19. The Balaban J connectivity index is 2.32. The monoisotopic (exact) mass is 261 g/mol. The van der Waals surface area contributed by atoms with Crippen LogP contribution in [0.3, 0.4) is 0 Å². The van der Waals surface area contributed by atoms with Gasteiger partial charge in [-0.25, -0.2) is 0 Å². The molecular weight excluding hydrogens is 242 g/mol. The minimum atomic E-state index is -0.402. The van der Waals surface area contributed by atoms with Crippen LogP contribution in [0.5, 0.6) is 0 Å². The molecule has 1 aliphatic rings. The number of nitrogens with zero attached hydrogens (tertiary/aromatic N) is 1. The van der Waals surface area contributed by atoms with Crippen LogP contribution >= 0.6 is 0 Å². The molecule has 0 saturated carbocycles. The van der Waals surface area contributed by atoms with Crippen LogP contribution in [0.15, 0.2) is 18.2 Å². The molecular formula is C14H19N3O2. The van der Waals surface area contributed by atoms with E-state index in [1.54, 1.807) is 17.0 Å². The van der Waals surface area contributed by atoms with Gasteiger partial charge in [0.25, 0.3) is 5.91 Å². The third-order valence-electron chi connectivity index (χ3n) is 3.42. The molecule has 0 spiro atoms. The number of carbonyl (C=O) groups is 2. The second-order valence-electron chi connectivity index (χ2n) is 4.80. The first-order valence-corrected chi connectivity index (χ1v) is 6.49. The molecule has 5 heteroatoms. The number of anilines is 1. The fraction of sp³-hybridized carbons (Fsp3) is 0.429. The lowest BCUT2D eigenvalue weighted by Gasteiger charge is -2.34. The molecule has 102 valence electrons. The van der Waals surface area contributed by atoms with E-state index in [0.717, 1.165) is 5.56 Å². The van der Waals surface area contributed by atoms with E-state index in [1.165, 1.54) is 0 Å². The minimum Gasteiger partial charge on any atom is -0.398 e. The van der Waals surface area contributed by atoms with E-state index in [2.05, 4.69) is 5.32 Å². The van der Waals surface area contributed by atoms with Gasteiger partial charge in [0.15, 0.2) is 0 Å². The summed E-state index contributed by atoms with van der Waals surface area (Å²) >= 11 is 0. The molecule has 1 atom stereocenters. The number of rotatable bonds is 2. The van der Waals surface area contributed by atoms with Gasteiger partial charge >= 0.3 is 0 Å². The maximum atomic E-state index is 12.6. The average molecular weight is 261 g/mol. The Hall–Kier alpha value is -2.04. The van der Waals surface area contributed by atoms with Gasteiger partial charge in [-0.3, -0.25) is 9.59 Å². The Morgan fingerprint density at radius 1 is 1.53 bits per heavy atom. The summed E-state index contributed by atoms with van der Waals surface area (Å²) < 4.78 is 0. The molecule has 5 nitrogen and oxygen atoms in total. The van der Waals surface area contributed by atoms with Crippen LogP contribution in [0, 0.1) is 6.92 Å². The van der Waals surface area contributed by atoms with Crippen LogP contribution in [0.25, 0.3) is 0 Å². The van der Waals surface area contributed by atoms with Gasteiger partial charge in [-0.1, -0.05) is 18.6 Å². The Morgan fingerprint density at radius 3 is 2.95 bits per heavy atom. The number of amides is 2. The number of hydrogen-bond donors (Lipinski definition) is 2. The molecule has 0 radical (unpaired) electrons. The Morgan fingerprint density at radius 2 is 2.26 bits per heavy atom. The first kappa shape index (κ1) is 13.4. The highest BCUT2D eigenvalue weighted by molar-refractivity contribution is 6.02. The number of carbonyl (C=O) groups excluding carboxylic acids is 2.